The van der Waals surface area contributed by atoms with Crippen molar-refractivity contribution in [1.82, 2.24) is 4.90 Å². The van der Waals surface area contributed by atoms with Crippen molar-refractivity contribution in [2.45, 2.75) is 24.7 Å². The van der Waals surface area contributed by atoms with E-state index in [1.165, 1.54) is 18.1 Å². The number of hydrogen-bond donors (Lipinski definition) is 1. The molecule has 1 aromatic carbocycles. The monoisotopic (exact) mass is 383 g/mol. The Labute approximate surface area is 156 Å². The quantitative estimate of drug-likeness (QED) is 0.841. The summed E-state index contributed by atoms with van der Waals surface area (Å²) < 4.78 is 38.4. The smallest absolute Gasteiger partial charge is 0.313 e. The van der Waals surface area contributed by atoms with E-state index in [2.05, 4.69) is 0 Å². The molecule has 2 fully saturated rings. The number of halogens is 2. The summed E-state index contributed by atoms with van der Waals surface area (Å²) in [5.74, 6) is -2.84. The first-order valence-electron chi connectivity index (χ1n) is 8.90. The van der Waals surface area contributed by atoms with Gasteiger partial charge in [-0.05, 0) is 25.3 Å². The first-order valence-corrected chi connectivity index (χ1v) is 8.90. The highest BCUT2D eigenvalue weighted by molar-refractivity contribution is 5.90. The van der Waals surface area contributed by atoms with E-state index in [0.29, 0.717) is 0 Å². The molecule has 1 N–H and O–H groups in total. The first kappa shape index (κ1) is 19.7. The van der Waals surface area contributed by atoms with E-state index in [-0.39, 0.29) is 63.6 Å². The number of rotatable bonds is 5. The summed E-state index contributed by atoms with van der Waals surface area (Å²) in [6, 6.07) is 3.22. The molecule has 0 aliphatic carbocycles. The molecule has 148 valence electrons. The van der Waals surface area contributed by atoms with Crippen molar-refractivity contribution in [3.05, 3.63) is 35.4 Å². The number of carboxylic acids is 1. The van der Waals surface area contributed by atoms with E-state index in [0.717, 1.165) is 12.1 Å². The van der Waals surface area contributed by atoms with Crippen LogP contribution in [0.15, 0.2) is 18.2 Å². The summed E-state index contributed by atoms with van der Waals surface area (Å²) in [7, 11) is 1.42. The fraction of sp³-hybridized carbons (Fsp3) is 0.579. The molecule has 0 radical (unpaired) electrons. The van der Waals surface area contributed by atoms with Crippen LogP contribution in [0, 0.1) is 17.0 Å². The maximum atomic E-state index is 14.6. The molecule has 3 rings (SSSR count). The molecule has 0 aromatic heterocycles. The lowest BCUT2D eigenvalue weighted by Gasteiger charge is -2.39. The third-order valence-electron chi connectivity index (χ3n) is 5.72. The molecule has 2 saturated heterocycles. The fourth-order valence-electron chi connectivity index (χ4n) is 4.17. The van der Waals surface area contributed by atoms with Crippen LogP contribution in [-0.4, -0.2) is 61.9 Å². The number of hydrogen-bond acceptors (Lipinski definition) is 4. The van der Waals surface area contributed by atoms with Crippen LogP contribution in [0.1, 0.15) is 24.8 Å². The predicted octanol–water partition coefficient (Wildman–Crippen LogP) is 1.96. The summed E-state index contributed by atoms with van der Waals surface area (Å²) in [5.41, 5.74) is -2.22. The molecule has 0 saturated carbocycles. The van der Waals surface area contributed by atoms with Gasteiger partial charge in [-0.15, -0.1) is 0 Å². The van der Waals surface area contributed by atoms with Crippen molar-refractivity contribution < 1.29 is 33.0 Å². The molecule has 0 spiro atoms. The van der Waals surface area contributed by atoms with Gasteiger partial charge in [-0.25, -0.2) is 8.78 Å². The van der Waals surface area contributed by atoms with Crippen molar-refractivity contribution in [1.29, 1.82) is 0 Å². The standard InChI is InChI=1S/C19H23F2NO5/c1-26-12-18(17(24)25)4-7-22(11-18)16(23)19(5-8-27-9-6-19)14-3-2-13(20)10-15(14)21/h2-3,10H,4-9,11-12H2,1H3,(H,24,25). The van der Waals surface area contributed by atoms with E-state index >= 15 is 0 Å². The summed E-state index contributed by atoms with van der Waals surface area (Å²) >= 11 is 0. The van der Waals surface area contributed by atoms with Crippen molar-refractivity contribution in [3.8, 4) is 0 Å². The van der Waals surface area contributed by atoms with E-state index in [1.807, 2.05) is 0 Å². The van der Waals surface area contributed by atoms with Crippen LogP contribution in [0.25, 0.3) is 0 Å². The number of aliphatic carboxylic acids is 1. The highest BCUT2D eigenvalue weighted by Crippen LogP contribution is 2.41. The Morgan fingerprint density at radius 3 is 2.56 bits per heavy atom. The average Bonchev–Trinajstić information content (AvgIpc) is 3.07. The highest BCUT2D eigenvalue weighted by atomic mass is 19.1. The number of likely N-dealkylation sites (tertiary alicyclic amines) is 1. The normalized spacial score (nSPS) is 24.8. The number of nitrogens with zero attached hydrogens (tertiary/aromatic N) is 1. The number of benzene rings is 1. The van der Waals surface area contributed by atoms with Crippen molar-refractivity contribution in [2.24, 2.45) is 5.41 Å². The van der Waals surface area contributed by atoms with Gasteiger partial charge >= 0.3 is 5.97 Å². The molecule has 27 heavy (non-hydrogen) atoms. The number of amides is 1. The number of ether oxygens (including phenoxy) is 2. The zero-order valence-electron chi connectivity index (χ0n) is 15.2. The first-order chi connectivity index (χ1) is 12.8. The van der Waals surface area contributed by atoms with Gasteiger partial charge in [0.25, 0.3) is 0 Å². The van der Waals surface area contributed by atoms with E-state index in [4.69, 9.17) is 9.47 Å². The fourth-order valence-corrected chi connectivity index (χ4v) is 4.17. The van der Waals surface area contributed by atoms with Gasteiger partial charge in [-0.1, -0.05) is 6.07 Å². The van der Waals surface area contributed by atoms with E-state index in [9.17, 15) is 23.5 Å². The SMILES string of the molecule is COCC1(C(=O)O)CCN(C(=O)C2(c3ccc(F)cc3F)CCOCC2)C1. The van der Waals surface area contributed by atoms with Crippen molar-refractivity contribution in [3.63, 3.8) is 0 Å². The van der Waals surface area contributed by atoms with Gasteiger partial charge in [0.05, 0.1) is 12.0 Å². The molecule has 2 aliphatic heterocycles. The Morgan fingerprint density at radius 1 is 1.26 bits per heavy atom. The zero-order chi connectivity index (χ0) is 19.7. The Balaban J connectivity index is 1.94. The predicted molar refractivity (Wildman–Crippen MR) is 91.2 cm³/mol. The topological polar surface area (TPSA) is 76.1 Å². The average molecular weight is 383 g/mol. The molecule has 2 heterocycles. The van der Waals surface area contributed by atoms with Gasteiger partial charge in [0.2, 0.25) is 5.91 Å². The van der Waals surface area contributed by atoms with Gasteiger partial charge in [0, 0.05) is 45.0 Å². The van der Waals surface area contributed by atoms with E-state index in [1.54, 1.807) is 0 Å². The lowest BCUT2D eigenvalue weighted by atomic mass is 9.72. The second-order valence-corrected chi connectivity index (χ2v) is 7.31. The molecule has 6 nitrogen and oxygen atoms in total. The molecule has 8 heteroatoms. The summed E-state index contributed by atoms with van der Waals surface area (Å²) in [4.78, 5) is 26.7. The van der Waals surface area contributed by atoms with Gasteiger partial charge < -0.3 is 19.5 Å². The maximum Gasteiger partial charge on any atom is 0.313 e. The van der Waals surface area contributed by atoms with Crippen molar-refractivity contribution in [2.75, 3.05) is 40.0 Å². The van der Waals surface area contributed by atoms with Crippen LogP contribution in [0.3, 0.4) is 0 Å². The molecule has 1 amide bonds. The third-order valence-corrected chi connectivity index (χ3v) is 5.72. The number of carbonyl (C=O) groups is 2. The van der Waals surface area contributed by atoms with Crippen molar-refractivity contribution >= 4 is 11.9 Å². The van der Waals surface area contributed by atoms with Crippen LogP contribution in [0.5, 0.6) is 0 Å². The molecule has 1 atom stereocenters. The summed E-state index contributed by atoms with van der Waals surface area (Å²) in [5, 5.41) is 9.62. The molecular formula is C19H23F2NO5. The molecule has 1 aromatic rings. The van der Waals surface area contributed by atoms with Crippen LogP contribution < -0.4 is 0 Å². The Kier molecular flexibility index (Phi) is 5.48. The molecule has 2 aliphatic rings. The van der Waals surface area contributed by atoms with Gasteiger partial charge in [-0.3, -0.25) is 9.59 Å². The molecule has 0 bridgehead atoms. The Hall–Kier alpha value is -2.06. The summed E-state index contributed by atoms with van der Waals surface area (Å²) in [6.45, 7) is 0.796. The Morgan fingerprint density at radius 2 is 1.96 bits per heavy atom. The van der Waals surface area contributed by atoms with Gasteiger partial charge in [0.1, 0.15) is 17.0 Å². The lowest BCUT2D eigenvalue weighted by Crippen LogP contribution is -2.51. The molecular weight excluding hydrogens is 360 g/mol. The van der Waals surface area contributed by atoms with Crippen LogP contribution in [0.2, 0.25) is 0 Å². The largest absolute Gasteiger partial charge is 0.481 e. The highest BCUT2D eigenvalue weighted by Gasteiger charge is 2.52. The minimum absolute atomic E-state index is 0.000424. The van der Waals surface area contributed by atoms with Gasteiger partial charge in [-0.2, -0.15) is 0 Å². The number of carbonyl (C=O) groups excluding carboxylic acids is 1. The van der Waals surface area contributed by atoms with E-state index < -0.39 is 28.4 Å². The van der Waals surface area contributed by atoms with Crippen LogP contribution in [-0.2, 0) is 24.5 Å². The third kappa shape index (κ3) is 3.43. The number of carboxylic acid groups (broad SMARTS) is 1. The second kappa shape index (κ2) is 7.52. The Bertz CT molecular complexity index is 735. The molecule has 1 unspecified atom stereocenters. The minimum Gasteiger partial charge on any atom is -0.481 e. The van der Waals surface area contributed by atoms with Crippen LogP contribution in [0.4, 0.5) is 8.78 Å². The van der Waals surface area contributed by atoms with Gasteiger partial charge in [0.15, 0.2) is 0 Å². The van der Waals surface area contributed by atoms with Crippen LogP contribution >= 0.6 is 0 Å². The maximum absolute atomic E-state index is 14.6. The lowest BCUT2D eigenvalue weighted by molar-refractivity contribution is -0.152. The minimum atomic E-state index is -1.18. The number of methoxy groups -OCH3 is 1. The zero-order valence-corrected chi connectivity index (χ0v) is 15.2. The second-order valence-electron chi connectivity index (χ2n) is 7.31. The summed E-state index contributed by atoms with van der Waals surface area (Å²) in [6.07, 6.45) is 0.783.